The van der Waals surface area contributed by atoms with Gasteiger partial charge in [0.1, 0.15) is 6.04 Å². The predicted molar refractivity (Wildman–Crippen MR) is 132 cm³/mol. The summed E-state index contributed by atoms with van der Waals surface area (Å²) in [7, 11) is 1.33. The summed E-state index contributed by atoms with van der Waals surface area (Å²) in [4.78, 5) is 25.2. The van der Waals surface area contributed by atoms with Crippen molar-refractivity contribution in [3.8, 4) is 11.1 Å². The number of esters is 1. The van der Waals surface area contributed by atoms with Crippen LogP contribution >= 0.6 is 25.0 Å². The third-order valence-electron chi connectivity index (χ3n) is 4.65. The number of carbonyl (C=O) groups excluding carboxylic acids is 2. The van der Waals surface area contributed by atoms with E-state index in [1.165, 1.54) is 7.11 Å². The van der Waals surface area contributed by atoms with E-state index < -0.39 is 12.0 Å². The van der Waals surface area contributed by atoms with Crippen LogP contribution in [0.5, 0.6) is 0 Å². The van der Waals surface area contributed by atoms with Gasteiger partial charge in [0, 0.05) is 29.6 Å². The predicted octanol–water partition coefficient (Wildman–Crippen LogP) is 3.76. The first-order chi connectivity index (χ1) is 14.3. The van der Waals surface area contributed by atoms with Gasteiger partial charge in [-0.05, 0) is 41.7 Å². The maximum atomic E-state index is 13.1. The summed E-state index contributed by atoms with van der Waals surface area (Å²) in [6.07, 6.45) is 0.500. The van der Waals surface area contributed by atoms with E-state index in [-0.39, 0.29) is 30.3 Å². The Morgan fingerprint density at radius 2 is 1.81 bits per heavy atom. The summed E-state index contributed by atoms with van der Waals surface area (Å²) in [6.45, 7) is 4.56. The fourth-order valence-corrected chi connectivity index (χ4v) is 3.22. The normalized spacial score (nSPS) is 12.5. The van der Waals surface area contributed by atoms with Gasteiger partial charge in [0.15, 0.2) is 0 Å². The molecule has 2 atom stereocenters. The Morgan fingerprint density at radius 1 is 1.13 bits per heavy atom. The number of nitrogens with two attached hydrogens (primary N) is 1. The first-order valence-corrected chi connectivity index (χ1v) is 10.7. The highest BCUT2D eigenvalue weighted by Crippen LogP contribution is 2.27. The van der Waals surface area contributed by atoms with Crippen LogP contribution in [0.15, 0.2) is 48.5 Å². The number of hydrogen-bond acceptors (Lipinski definition) is 6. The van der Waals surface area contributed by atoms with E-state index in [9.17, 15) is 9.59 Å². The number of amides is 1. The molecule has 0 saturated heterocycles. The Balaban J connectivity index is 0.00000480. The zero-order valence-electron chi connectivity index (χ0n) is 18.1. The van der Waals surface area contributed by atoms with Crippen LogP contribution in [0.2, 0.25) is 0 Å². The van der Waals surface area contributed by atoms with Gasteiger partial charge in [0.05, 0.1) is 7.11 Å². The summed E-state index contributed by atoms with van der Waals surface area (Å²) in [5.41, 5.74) is 8.96. The lowest BCUT2D eigenvalue weighted by Gasteiger charge is -2.20. The van der Waals surface area contributed by atoms with Gasteiger partial charge < -0.3 is 21.1 Å². The van der Waals surface area contributed by atoms with Gasteiger partial charge in [0.25, 0.3) is 5.91 Å². The molecule has 2 aromatic rings. The Bertz CT molecular complexity index is 849. The van der Waals surface area contributed by atoms with Gasteiger partial charge in [-0.15, -0.1) is 12.4 Å². The number of ether oxygens (including phenoxy) is 1. The Morgan fingerprint density at radius 3 is 2.39 bits per heavy atom. The lowest BCUT2D eigenvalue weighted by atomic mass is 9.97. The van der Waals surface area contributed by atoms with E-state index in [1.54, 1.807) is 6.07 Å². The third-order valence-corrected chi connectivity index (χ3v) is 5.12. The van der Waals surface area contributed by atoms with E-state index in [2.05, 4.69) is 23.3 Å². The first-order valence-electron chi connectivity index (χ1n) is 10.0. The fourth-order valence-electron chi connectivity index (χ4n) is 3.09. The second-order valence-corrected chi connectivity index (χ2v) is 7.99. The molecular weight excluding hydrogens is 434 g/mol. The molecule has 0 unspecified atom stereocenters. The van der Waals surface area contributed by atoms with Crippen molar-refractivity contribution < 1.29 is 14.3 Å². The molecule has 8 heteroatoms. The van der Waals surface area contributed by atoms with Crippen LogP contribution in [-0.2, 0) is 9.53 Å². The summed E-state index contributed by atoms with van der Waals surface area (Å²) >= 11 is 4.21. The molecule has 2 aromatic carbocycles. The summed E-state index contributed by atoms with van der Waals surface area (Å²) < 4.78 is 4.87. The molecule has 0 aliphatic carbocycles. The van der Waals surface area contributed by atoms with Crippen molar-refractivity contribution in [2.75, 3.05) is 24.7 Å². The molecule has 170 valence electrons. The maximum absolute atomic E-state index is 13.1. The van der Waals surface area contributed by atoms with Crippen molar-refractivity contribution in [1.29, 1.82) is 0 Å². The maximum Gasteiger partial charge on any atom is 0.328 e. The standard InChI is InChI=1S/C23H31N3O3S.ClH/c1-15(2)11-21(23(28)29-3)26-22(27)19-10-9-18(25-13-17(24)14-30)12-20(19)16-7-5-4-6-8-16;/h4-10,12,15,17,21,25,30H,11,13-14,24H2,1-3H3,(H,26,27);1H/t17-,21+;/m1./s1. The molecule has 2 rings (SSSR count). The number of benzene rings is 2. The van der Waals surface area contributed by atoms with Gasteiger partial charge in [-0.25, -0.2) is 4.79 Å². The van der Waals surface area contributed by atoms with Crippen LogP contribution in [0.3, 0.4) is 0 Å². The SMILES string of the molecule is COC(=O)[C@H](CC(C)C)NC(=O)c1ccc(NC[C@@H](N)CS)cc1-c1ccccc1.Cl. The molecule has 0 bridgehead atoms. The number of nitrogens with one attached hydrogen (secondary N) is 2. The molecule has 0 radical (unpaired) electrons. The minimum Gasteiger partial charge on any atom is -0.467 e. The van der Waals surface area contributed by atoms with E-state index in [1.807, 2.05) is 56.3 Å². The average Bonchev–Trinajstić information content (AvgIpc) is 2.76. The molecule has 0 aliphatic rings. The van der Waals surface area contributed by atoms with E-state index in [4.69, 9.17) is 10.5 Å². The number of rotatable bonds is 10. The Hall–Kier alpha value is -2.22. The second kappa shape index (κ2) is 13.2. The molecule has 0 aromatic heterocycles. The van der Waals surface area contributed by atoms with Gasteiger partial charge in [-0.1, -0.05) is 44.2 Å². The van der Waals surface area contributed by atoms with Gasteiger partial charge in [0.2, 0.25) is 0 Å². The van der Waals surface area contributed by atoms with Crippen molar-refractivity contribution >= 4 is 42.6 Å². The molecule has 0 fully saturated rings. The highest BCUT2D eigenvalue weighted by Gasteiger charge is 2.24. The molecule has 0 heterocycles. The number of halogens is 1. The highest BCUT2D eigenvalue weighted by atomic mass is 35.5. The summed E-state index contributed by atoms with van der Waals surface area (Å²) in [5.74, 6) is 0.0375. The van der Waals surface area contributed by atoms with Crippen molar-refractivity contribution in [2.45, 2.75) is 32.4 Å². The number of hydrogen-bond donors (Lipinski definition) is 4. The van der Waals surface area contributed by atoms with Crippen LogP contribution in [0, 0.1) is 5.92 Å². The van der Waals surface area contributed by atoms with Gasteiger partial charge in [-0.3, -0.25) is 4.79 Å². The fraction of sp³-hybridized carbons (Fsp3) is 0.391. The zero-order valence-corrected chi connectivity index (χ0v) is 19.8. The summed E-state index contributed by atoms with van der Waals surface area (Å²) in [6, 6.07) is 14.4. The van der Waals surface area contributed by atoms with E-state index in [0.717, 1.165) is 16.8 Å². The van der Waals surface area contributed by atoms with Crippen LogP contribution in [0.25, 0.3) is 11.1 Å². The smallest absolute Gasteiger partial charge is 0.328 e. The molecule has 0 saturated carbocycles. The lowest BCUT2D eigenvalue weighted by Crippen LogP contribution is -2.42. The topological polar surface area (TPSA) is 93.4 Å². The largest absolute Gasteiger partial charge is 0.467 e. The van der Waals surface area contributed by atoms with Crippen LogP contribution in [0.1, 0.15) is 30.6 Å². The molecule has 0 aliphatic heterocycles. The second-order valence-electron chi connectivity index (χ2n) is 7.63. The molecule has 6 nitrogen and oxygen atoms in total. The first kappa shape index (κ1) is 26.8. The molecule has 4 N–H and O–H groups in total. The number of methoxy groups -OCH3 is 1. The third kappa shape index (κ3) is 8.09. The van der Waals surface area contributed by atoms with Crippen molar-refractivity contribution in [3.63, 3.8) is 0 Å². The van der Waals surface area contributed by atoms with Crippen LogP contribution in [-0.4, -0.2) is 43.4 Å². The quantitative estimate of drug-likeness (QED) is 0.316. The van der Waals surface area contributed by atoms with Gasteiger partial charge >= 0.3 is 5.97 Å². The Labute approximate surface area is 196 Å². The highest BCUT2D eigenvalue weighted by molar-refractivity contribution is 7.80. The molecular formula is C23H32ClN3O3S. The molecule has 1 amide bonds. The van der Waals surface area contributed by atoms with Crippen molar-refractivity contribution in [2.24, 2.45) is 11.7 Å². The minimum atomic E-state index is -0.697. The monoisotopic (exact) mass is 465 g/mol. The Kier molecular flexibility index (Phi) is 11.5. The number of carbonyl (C=O) groups is 2. The summed E-state index contributed by atoms with van der Waals surface area (Å²) in [5, 5.41) is 6.13. The van der Waals surface area contributed by atoms with Crippen molar-refractivity contribution in [3.05, 3.63) is 54.1 Å². The van der Waals surface area contributed by atoms with E-state index in [0.29, 0.717) is 24.3 Å². The molecule has 0 spiro atoms. The molecule has 31 heavy (non-hydrogen) atoms. The lowest BCUT2D eigenvalue weighted by molar-refractivity contribution is -0.143. The number of anilines is 1. The van der Waals surface area contributed by atoms with Gasteiger partial charge in [-0.2, -0.15) is 12.6 Å². The van der Waals surface area contributed by atoms with E-state index >= 15 is 0 Å². The van der Waals surface area contributed by atoms with Crippen molar-refractivity contribution in [1.82, 2.24) is 5.32 Å². The van der Waals surface area contributed by atoms with Crippen LogP contribution in [0.4, 0.5) is 5.69 Å². The van der Waals surface area contributed by atoms with Crippen LogP contribution < -0.4 is 16.4 Å². The number of thiol groups is 1. The zero-order chi connectivity index (χ0) is 22.1. The average molecular weight is 466 g/mol. The minimum absolute atomic E-state index is 0.